The molecule has 2 heterocycles. The van der Waals surface area contributed by atoms with Crippen molar-refractivity contribution in [2.45, 2.75) is 32.7 Å². The van der Waals surface area contributed by atoms with E-state index in [9.17, 15) is 0 Å². The molecule has 0 spiro atoms. The summed E-state index contributed by atoms with van der Waals surface area (Å²) >= 11 is 0. The Morgan fingerprint density at radius 2 is 2.31 bits per heavy atom. The van der Waals surface area contributed by atoms with E-state index in [1.54, 1.807) is 0 Å². The van der Waals surface area contributed by atoms with Crippen molar-refractivity contribution < 1.29 is 4.74 Å². The van der Waals surface area contributed by atoms with Crippen molar-refractivity contribution in [3.05, 3.63) is 0 Å². The second kappa shape index (κ2) is 5.99. The molecular formula is C13H26N2O. The zero-order chi connectivity index (χ0) is 11.4. The predicted octanol–water partition coefficient (Wildman–Crippen LogP) is 1.34. The van der Waals surface area contributed by atoms with Gasteiger partial charge in [-0.05, 0) is 24.7 Å². The first-order valence-corrected chi connectivity index (χ1v) is 6.78. The van der Waals surface area contributed by atoms with Crippen LogP contribution in [0.4, 0.5) is 0 Å². The van der Waals surface area contributed by atoms with Gasteiger partial charge in [0.05, 0.1) is 6.61 Å². The SMILES string of the molecule is CC(C)CC1CNCCN1CC1CCOC1. The Morgan fingerprint density at radius 1 is 1.44 bits per heavy atom. The number of rotatable bonds is 4. The lowest BCUT2D eigenvalue weighted by atomic mass is 9.99. The van der Waals surface area contributed by atoms with Crippen LogP contribution in [0.1, 0.15) is 26.7 Å². The molecule has 94 valence electrons. The molecule has 2 unspecified atom stereocenters. The van der Waals surface area contributed by atoms with E-state index in [0.717, 1.165) is 37.6 Å². The molecule has 2 saturated heterocycles. The van der Waals surface area contributed by atoms with Gasteiger partial charge >= 0.3 is 0 Å². The maximum atomic E-state index is 5.47. The maximum Gasteiger partial charge on any atom is 0.0507 e. The molecule has 3 heteroatoms. The van der Waals surface area contributed by atoms with E-state index in [1.807, 2.05) is 0 Å². The summed E-state index contributed by atoms with van der Waals surface area (Å²) < 4.78 is 5.47. The predicted molar refractivity (Wildman–Crippen MR) is 66.6 cm³/mol. The van der Waals surface area contributed by atoms with E-state index >= 15 is 0 Å². The van der Waals surface area contributed by atoms with Crippen molar-refractivity contribution in [1.82, 2.24) is 10.2 Å². The van der Waals surface area contributed by atoms with E-state index in [-0.39, 0.29) is 0 Å². The van der Waals surface area contributed by atoms with Crippen LogP contribution in [0.2, 0.25) is 0 Å². The van der Waals surface area contributed by atoms with Crippen LogP contribution in [-0.4, -0.2) is 50.3 Å². The maximum absolute atomic E-state index is 5.47. The number of nitrogens with zero attached hydrogens (tertiary/aromatic N) is 1. The number of hydrogen-bond donors (Lipinski definition) is 1. The fraction of sp³-hybridized carbons (Fsp3) is 1.00. The van der Waals surface area contributed by atoms with E-state index < -0.39 is 0 Å². The minimum Gasteiger partial charge on any atom is -0.381 e. The highest BCUT2D eigenvalue weighted by atomic mass is 16.5. The highest BCUT2D eigenvalue weighted by Crippen LogP contribution is 2.19. The first-order chi connectivity index (χ1) is 7.75. The third kappa shape index (κ3) is 3.44. The second-order valence-electron chi connectivity index (χ2n) is 5.71. The van der Waals surface area contributed by atoms with Gasteiger partial charge in [-0.25, -0.2) is 0 Å². The second-order valence-corrected chi connectivity index (χ2v) is 5.71. The Balaban J connectivity index is 1.83. The lowest BCUT2D eigenvalue weighted by molar-refractivity contribution is 0.111. The Bertz CT molecular complexity index is 202. The summed E-state index contributed by atoms with van der Waals surface area (Å²) in [7, 11) is 0. The number of hydrogen-bond acceptors (Lipinski definition) is 3. The summed E-state index contributed by atoms with van der Waals surface area (Å²) in [5, 5.41) is 3.52. The van der Waals surface area contributed by atoms with Crippen molar-refractivity contribution in [2.75, 3.05) is 39.4 Å². The van der Waals surface area contributed by atoms with Crippen LogP contribution in [0.5, 0.6) is 0 Å². The van der Waals surface area contributed by atoms with Crippen molar-refractivity contribution in [2.24, 2.45) is 11.8 Å². The first-order valence-electron chi connectivity index (χ1n) is 6.78. The molecule has 0 aromatic carbocycles. The molecule has 3 nitrogen and oxygen atoms in total. The molecule has 2 aliphatic heterocycles. The van der Waals surface area contributed by atoms with Gasteiger partial charge in [0.1, 0.15) is 0 Å². The van der Waals surface area contributed by atoms with Gasteiger partial charge < -0.3 is 10.1 Å². The molecule has 0 radical (unpaired) electrons. The quantitative estimate of drug-likeness (QED) is 0.783. The fourth-order valence-electron chi connectivity index (χ4n) is 2.88. The van der Waals surface area contributed by atoms with Gasteiger partial charge in [-0.3, -0.25) is 4.90 Å². The molecule has 0 saturated carbocycles. The van der Waals surface area contributed by atoms with E-state index in [2.05, 4.69) is 24.1 Å². The third-order valence-corrected chi connectivity index (χ3v) is 3.73. The van der Waals surface area contributed by atoms with Gasteiger partial charge in [-0.1, -0.05) is 13.8 Å². The summed E-state index contributed by atoms with van der Waals surface area (Å²) in [5.41, 5.74) is 0. The standard InChI is InChI=1S/C13H26N2O/c1-11(2)7-13-8-14-4-5-15(13)9-12-3-6-16-10-12/h11-14H,3-10H2,1-2H3. The third-order valence-electron chi connectivity index (χ3n) is 3.73. The smallest absolute Gasteiger partial charge is 0.0507 e. The Morgan fingerprint density at radius 3 is 3.00 bits per heavy atom. The van der Waals surface area contributed by atoms with Crippen molar-refractivity contribution in [1.29, 1.82) is 0 Å². The van der Waals surface area contributed by atoms with Crippen molar-refractivity contribution in [3.8, 4) is 0 Å². The molecule has 0 bridgehead atoms. The van der Waals surface area contributed by atoms with Crippen molar-refractivity contribution >= 4 is 0 Å². The van der Waals surface area contributed by atoms with Crippen LogP contribution in [0.15, 0.2) is 0 Å². The van der Waals surface area contributed by atoms with E-state index in [1.165, 1.54) is 32.5 Å². The molecule has 2 aliphatic rings. The minimum atomic E-state index is 0.745. The molecule has 2 rings (SSSR count). The van der Waals surface area contributed by atoms with Crippen LogP contribution in [0.3, 0.4) is 0 Å². The van der Waals surface area contributed by atoms with Gasteiger partial charge in [-0.2, -0.15) is 0 Å². The Labute approximate surface area is 99.5 Å². The van der Waals surface area contributed by atoms with Gasteiger partial charge in [0.25, 0.3) is 0 Å². The molecule has 2 fully saturated rings. The van der Waals surface area contributed by atoms with Gasteiger partial charge in [0.15, 0.2) is 0 Å². The molecule has 0 amide bonds. The van der Waals surface area contributed by atoms with Gasteiger partial charge in [0.2, 0.25) is 0 Å². The summed E-state index contributed by atoms with van der Waals surface area (Å²) in [5.74, 6) is 1.58. The lowest BCUT2D eigenvalue weighted by Gasteiger charge is -2.38. The van der Waals surface area contributed by atoms with Crippen LogP contribution < -0.4 is 5.32 Å². The zero-order valence-corrected chi connectivity index (χ0v) is 10.7. The molecule has 16 heavy (non-hydrogen) atoms. The first kappa shape index (κ1) is 12.3. The summed E-state index contributed by atoms with van der Waals surface area (Å²) in [6.07, 6.45) is 2.58. The molecule has 0 aliphatic carbocycles. The number of piperazine rings is 1. The number of nitrogens with one attached hydrogen (secondary N) is 1. The topological polar surface area (TPSA) is 24.5 Å². The van der Waals surface area contributed by atoms with E-state index in [0.29, 0.717) is 0 Å². The van der Waals surface area contributed by atoms with Crippen LogP contribution >= 0.6 is 0 Å². The van der Waals surface area contributed by atoms with Crippen LogP contribution in [-0.2, 0) is 4.74 Å². The minimum absolute atomic E-state index is 0.745. The van der Waals surface area contributed by atoms with Crippen molar-refractivity contribution in [3.63, 3.8) is 0 Å². The monoisotopic (exact) mass is 226 g/mol. The van der Waals surface area contributed by atoms with E-state index in [4.69, 9.17) is 4.74 Å². The average Bonchev–Trinajstić information content (AvgIpc) is 2.73. The lowest BCUT2D eigenvalue weighted by Crippen LogP contribution is -2.53. The summed E-state index contributed by atoms with van der Waals surface area (Å²) in [4.78, 5) is 2.69. The zero-order valence-electron chi connectivity index (χ0n) is 10.7. The molecule has 0 aromatic heterocycles. The highest BCUT2D eigenvalue weighted by molar-refractivity contribution is 4.83. The summed E-state index contributed by atoms with van der Waals surface area (Å²) in [6.45, 7) is 11.4. The number of ether oxygens (including phenoxy) is 1. The van der Waals surface area contributed by atoms with Crippen LogP contribution in [0, 0.1) is 11.8 Å². The van der Waals surface area contributed by atoms with Crippen LogP contribution in [0.25, 0.3) is 0 Å². The molecule has 2 atom stereocenters. The normalized spacial score (nSPS) is 32.4. The fourth-order valence-corrected chi connectivity index (χ4v) is 2.88. The average molecular weight is 226 g/mol. The highest BCUT2D eigenvalue weighted by Gasteiger charge is 2.26. The van der Waals surface area contributed by atoms with Gasteiger partial charge in [0, 0.05) is 38.8 Å². The molecule has 0 aromatic rings. The molecular weight excluding hydrogens is 200 g/mol. The Hall–Kier alpha value is -0.120. The Kier molecular flexibility index (Phi) is 4.62. The molecule has 1 N–H and O–H groups in total. The largest absolute Gasteiger partial charge is 0.381 e. The van der Waals surface area contributed by atoms with Gasteiger partial charge in [-0.15, -0.1) is 0 Å². The summed E-state index contributed by atoms with van der Waals surface area (Å²) in [6, 6.07) is 0.745.